The third kappa shape index (κ3) is 15.0. The van der Waals surface area contributed by atoms with Crippen LogP contribution in [0.5, 0.6) is 0 Å². The van der Waals surface area contributed by atoms with E-state index in [9.17, 15) is 0 Å². The first kappa shape index (κ1) is 19.3. The lowest BCUT2D eigenvalue weighted by Gasteiger charge is -2.17. The summed E-state index contributed by atoms with van der Waals surface area (Å²) in [6.45, 7) is 14.3. The fraction of sp³-hybridized carbons (Fsp3) is 0.692. The van der Waals surface area contributed by atoms with Gasteiger partial charge in [0.05, 0.1) is 26.4 Å². The Bertz CT molecular complexity index is 183. The number of hydrogen-bond acceptors (Lipinski definition) is 5. The molecular formula is C13H27NO4. The minimum absolute atomic E-state index is 0.133. The van der Waals surface area contributed by atoms with Crippen molar-refractivity contribution in [3.63, 3.8) is 0 Å². The van der Waals surface area contributed by atoms with Crippen molar-refractivity contribution >= 4 is 0 Å². The Labute approximate surface area is 110 Å². The van der Waals surface area contributed by atoms with Crippen molar-refractivity contribution in [2.24, 2.45) is 0 Å². The first-order valence-electron chi connectivity index (χ1n) is 6.15. The molecule has 0 spiro atoms. The first-order valence-corrected chi connectivity index (χ1v) is 6.15. The van der Waals surface area contributed by atoms with Gasteiger partial charge in [-0.1, -0.05) is 6.08 Å². The zero-order chi connectivity index (χ0) is 14.2. The standard InChI is InChI=1S/C7H15NO2.C6H12O2/c1-2-3-8(4-6-9)5-7-10;1-4-7-6(3)8-5-2/h2,9-10H,1,3-7H2;3-5H2,1-2H3. The van der Waals surface area contributed by atoms with E-state index in [4.69, 9.17) is 19.7 Å². The molecule has 0 aliphatic rings. The minimum atomic E-state index is 0.133. The van der Waals surface area contributed by atoms with Gasteiger partial charge < -0.3 is 19.7 Å². The molecule has 0 aromatic rings. The van der Waals surface area contributed by atoms with Gasteiger partial charge in [0.15, 0.2) is 0 Å². The monoisotopic (exact) mass is 261 g/mol. The van der Waals surface area contributed by atoms with Crippen LogP contribution in [0.2, 0.25) is 0 Å². The maximum absolute atomic E-state index is 8.53. The molecule has 5 heteroatoms. The van der Waals surface area contributed by atoms with Crippen LogP contribution >= 0.6 is 0 Å². The second kappa shape index (κ2) is 16.0. The van der Waals surface area contributed by atoms with E-state index in [0.29, 0.717) is 32.2 Å². The van der Waals surface area contributed by atoms with E-state index in [0.717, 1.165) is 6.54 Å². The Morgan fingerprint density at radius 2 is 1.56 bits per heavy atom. The molecule has 0 aliphatic heterocycles. The number of ether oxygens (including phenoxy) is 2. The van der Waals surface area contributed by atoms with Gasteiger partial charge in [-0.25, -0.2) is 0 Å². The minimum Gasteiger partial charge on any atom is -0.466 e. The van der Waals surface area contributed by atoms with Crippen molar-refractivity contribution in [2.75, 3.05) is 46.1 Å². The molecule has 18 heavy (non-hydrogen) atoms. The topological polar surface area (TPSA) is 62.2 Å². The molecule has 0 rings (SSSR count). The van der Waals surface area contributed by atoms with Crippen LogP contribution in [0.25, 0.3) is 0 Å². The molecule has 0 aromatic carbocycles. The lowest BCUT2D eigenvalue weighted by atomic mass is 10.4. The Morgan fingerprint density at radius 1 is 1.11 bits per heavy atom. The highest BCUT2D eigenvalue weighted by atomic mass is 16.7. The molecule has 0 radical (unpaired) electrons. The van der Waals surface area contributed by atoms with Crippen molar-refractivity contribution < 1.29 is 19.7 Å². The van der Waals surface area contributed by atoms with Gasteiger partial charge in [0.2, 0.25) is 0 Å². The van der Waals surface area contributed by atoms with Gasteiger partial charge in [0, 0.05) is 19.6 Å². The van der Waals surface area contributed by atoms with Crippen LogP contribution in [0.15, 0.2) is 25.2 Å². The van der Waals surface area contributed by atoms with E-state index < -0.39 is 0 Å². The summed E-state index contributed by atoms with van der Waals surface area (Å²) in [5.74, 6) is 0.412. The zero-order valence-corrected chi connectivity index (χ0v) is 11.6. The van der Waals surface area contributed by atoms with E-state index in [-0.39, 0.29) is 13.2 Å². The third-order valence-electron chi connectivity index (χ3n) is 1.83. The van der Waals surface area contributed by atoms with E-state index in [1.165, 1.54) is 0 Å². The van der Waals surface area contributed by atoms with Crippen molar-refractivity contribution in [1.29, 1.82) is 0 Å². The fourth-order valence-corrected chi connectivity index (χ4v) is 1.12. The lowest BCUT2D eigenvalue weighted by Crippen LogP contribution is -2.29. The smallest absolute Gasteiger partial charge is 0.271 e. The van der Waals surface area contributed by atoms with E-state index in [1.807, 2.05) is 18.7 Å². The van der Waals surface area contributed by atoms with Crippen LogP contribution in [0.1, 0.15) is 13.8 Å². The summed E-state index contributed by atoms with van der Waals surface area (Å²) in [6, 6.07) is 0. The average Bonchev–Trinajstić information content (AvgIpc) is 2.31. The van der Waals surface area contributed by atoms with Gasteiger partial charge in [0.25, 0.3) is 5.95 Å². The Kier molecular flexibility index (Phi) is 17.1. The molecule has 108 valence electrons. The molecule has 0 heterocycles. The Balaban J connectivity index is 0. The zero-order valence-electron chi connectivity index (χ0n) is 11.6. The second-order valence-electron chi connectivity index (χ2n) is 3.27. The molecular weight excluding hydrogens is 234 g/mol. The molecule has 5 nitrogen and oxygen atoms in total. The SMILES string of the molecule is C=C(OCC)OCC.C=CCN(CCO)CCO. The van der Waals surface area contributed by atoms with Gasteiger partial charge in [0.1, 0.15) is 0 Å². The lowest BCUT2D eigenvalue weighted by molar-refractivity contribution is 0.0486. The summed E-state index contributed by atoms with van der Waals surface area (Å²) in [7, 11) is 0. The maximum Gasteiger partial charge on any atom is 0.271 e. The Hall–Kier alpha value is -1.04. The third-order valence-corrected chi connectivity index (χ3v) is 1.83. The fourth-order valence-electron chi connectivity index (χ4n) is 1.12. The largest absolute Gasteiger partial charge is 0.466 e. The van der Waals surface area contributed by atoms with E-state index in [1.54, 1.807) is 6.08 Å². The highest BCUT2D eigenvalue weighted by Gasteiger charge is 1.98. The predicted octanol–water partition coefficient (Wildman–Crippen LogP) is 0.990. The van der Waals surface area contributed by atoms with Crippen molar-refractivity contribution in [3.05, 3.63) is 25.2 Å². The van der Waals surface area contributed by atoms with Gasteiger partial charge >= 0.3 is 0 Å². The molecule has 0 saturated heterocycles. The second-order valence-corrected chi connectivity index (χ2v) is 3.27. The number of aliphatic hydroxyl groups is 2. The summed E-state index contributed by atoms with van der Waals surface area (Å²) >= 11 is 0. The Morgan fingerprint density at radius 3 is 1.83 bits per heavy atom. The van der Waals surface area contributed by atoms with E-state index >= 15 is 0 Å². The summed E-state index contributed by atoms with van der Waals surface area (Å²) in [6.07, 6.45) is 1.76. The van der Waals surface area contributed by atoms with Crippen LogP contribution in [-0.2, 0) is 9.47 Å². The van der Waals surface area contributed by atoms with Crippen LogP contribution < -0.4 is 0 Å². The van der Waals surface area contributed by atoms with E-state index in [2.05, 4.69) is 13.2 Å². The van der Waals surface area contributed by atoms with Crippen molar-refractivity contribution in [2.45, 2.75) is 13.8 Å². The van der Waals surface area contributed by atoms with Crippen LogP contribution in [0.3, 0.4) is 0 Å². The van der Waals surface area contributed by atoms with Crippen LogP contribution in [0, 0.1) is 0 Å². The molecule has 0 bridgehead atoms. The van der Waals surface area contributed by atoms with Crippen molar-refractivity contribution in [1.82, 2.24) is 4.90 Å². The molecule has 0 aliphatic carbocycles. The van der Waals surface area contributed by atoms with Crippen LogP contribution in [-0.4, -0.2) is 61.2 Å². The summed E-state index contributed by atoms with van der Waals surface area (Å²) < 4.78 is 9.73. The van der Waals surface area contributed by atoms with Gasteiger partial charge in [-0.15, -0.1) is 6.58 Å². The summed E-state index contributed by atoms with van der Waals surface area (Å²) in [5, 5.41) is 17.1. The maximum atomic E-state index is 8.53. The number of aliphatic hydroxyl groups excluding tert-OH is 2. The number of rotatable bonds is 10. The molecule has 0 aromatic heterocycles. The number of hydrogen-bond donors (Lipinski definition) is 2. The quantitative estimate of drug-likeness (QED) is 0.453. The molecule has 2 N–H and O–H groups in total. The molecule has 0 amide bonds. The summed E-state index contributed by atoms with van der Waals surface area (Å²) in [5.41, 5.74) is 0. The van der Waals surface area contributed by atoms with Gasteiger partial charge in [-0.05, 0) is 20.4 Å². The van der Waals surface area contributed by atoms with Crippen molar-refractivity contribution in [3.8, 4) is 0 Å². The summed E-state index contributed by atoms with van der Waals surface area (Å²) in [4.78, 5) is 1.92. The predicted molar refractivity (Wildman–Crippen MR) is 73.2 cm³/mol. The first-order chi connectivity index (χ1) is 8.65. The van der Waals surface area contributed by atoms with Gasteiger partial charge in [-0.2, -0.15) is 0 Å². The highest BCUT2D eigenvalue weighted by molar-refractivity contribution is 4.72. The number of nitrogens with zero attached hydrogens (tertiary/aromatic N) is 1. The molecule has 0 saturated carbocycles. The molecule has 0 unspecified atom stereocenters. The average molecular weight is 261 g/mol. The van der Waals surface area contributed by atoms with Crippen LogP contribution in [0.4, 0.5) is 0 Å². The molecule has 0 fully saturated rings. The molecule has 0 atom stereocenters. The highest BCUT2D eigenvalue weighted by Crippen LogP contribution is 1.93. The van der Waals surface area contributed by atoms with Gasteiger partial charge in [-0.3, -0.25) is 4.90 Å². The normalized spacial score (nSPS) is 9.39.